The molecule has 1 aromatic heterocycles. The number of esters is 1. The molecular weight excluding hydrogens is 352 g/mol. The molecule has 0 aromatic carbocycles. The first kappa shape index (κ1) is 21.3. The number of carbonyl (C=O) groups excluding carboxylic acids is 1. The monoisotopic (exact) mass is 376 g/mol. The summed E-state index contributed by atoms with van der Waals surface area (Å²) in [4.78, 5) is 24.4. The van der Waals surface area contributed by atoms with E-state index in [1.54, 1.807) is 17.7 Å². The lowest BCUT2D eigenvalue weighted by atomic mass is 9.92. The largest absolute Gasteiger partial charge is 0.726 e. The Labute approximate surface area is 147 Å². The van der Waals surface area contributed by atoms with E-state index in [0.29, 0.717) is 0 Å². The van der Waals surface area contributed by atoms with E-state index in [-0.39, 0.29) is 23.3 Å². The normalized spacial score (nSPS) is 15.6. The Bertz CT molecular complexity index is 797. The van der Waals surface area contributed by atoms with Crippen molar-refractivity contribution in [3.63, 3.8) is 0 Å². The van der Waals surface area contributed by atoms with E-state index in [0.717, 1.165) is 32.2 Å². The summed E-state index contributed by atoms with van der Waals surface area (Å²) >= 11 is 0. The van der Waals surface area contributed by atoms with E-state index in [2.05, 4.69) is 4.18 Å². The maximum atomic E-state index is 12.5. The molecule has 25 heavy (non-hydrogen) atoms. The number of rotatable bonds is 3. The Balaban J connectivity index is 0.000000450. The molecule has 0 atom stereocenters. The van der Waals surface area contributed by atoms with Gasteiger partial charge in [0.25, 0.3) is 5.82 Å². The van der Waals surface area contributed by atoms with Crippen LogP contribution in [-0.4, -0.2) is 37.2 Å². The minimum Gasteiger partial charge on any atom is -0.726 e. The zero-order valence-electron chi connectivity index (χ0n) is 15.1. The fourth-order valence-corrected chi connectivity index (χ4v) is 2.77. The Morgan fingerprint density at radius 1 is 1.44 bits per heavy atom. The van der Waals surface area contributed by atoms with Gasteiger partial charge in [0.15, 0.2) is 5.56 Å². The fraction of sp³-hybridized carbons (Fsp3) is 0.667. The van der Waals surface area contributed by atoms with Crippen LogP contribution in [0.3, 0.4) is 0 Å². The first-order valence-corrected chi connectivity index (χ1v) is 9.11. The van der Waals surface area contributed by atoms with Crippen molar-refractivity contribution in [1.82, 2.24) is 4.57 Å². The molecule has 0 fully saturated rings. The number of hydrogen-bond acceptors (Lipinski definition) is 7. The summed E-state index contributed by atoms with van der Waals surface area (Å²) in [5, 5.41) is 0. The van der Waals surface area contributed by atoms with Crippen LogP contribution in [0.5, 0.6) is 0 Å². The molecule has 0 saturated carbocycles. The average molecular weight is 376 g/mol. The van der Waals surface area contributed by atoms with Gasteiger partial charge in [-0.25, -0.2) is 22.6 Å². The van der Waals surface area contributed by atoms with E-state index in [1.807, 2.05) is 25.5 Å². The van der Waals surface area contributed by atoms with Crippen LogP contribution >= 0.6 is 0 Å². The zero-order chi connectivity index (χ0) is 19.4. The Hall–Kier alpha value is -1.78. The highest BCUT2D eigenvalue weighted by atomic mass is 32.3. The number of fused-ring (bicyclic) bond motifs is 1. The van der Waals surface area contributed by atoms with Crippen LogP contribution < -0.4 is 10.1 Å². The van der Waals surface area contributed by atoms with Crippen LogP contribution in [0.4, 0.5) is 0 Å². The van der Waals surface area contributed by atoms with Crippen LogP contribution in [0.15, 0.2) is 11.0 Å². The van der Waals surface area contributed by atoms with Crippen molar-refractivity contribution in [3.05, 3.63) is 27.9 Å². The van der Waals surface area contributed by atoms with Crippen molar-refractivity contribution in [2.75, 3.05) is 13.7 Å². The summed E-state index contributed by atoms with van der Waals surface area (Å²) in [6, 6.07) is 0. The summed E-state index contributed by atoms with van der Waals surface area (Å²) in [6.45, 7) is 6.07. The molecule has 0 saturated heterocycles. The van der Waals surface area contributed by atoms with E-state index >= 15 is 0 Å². The van der Waals surface area contributed by atoms with Gasteiger partial charge in [-0.1, -0.05) is 0 Å². The number of aryl methyl sites for hydroxylation is 1. The molecule has 0 unspecified atom stereocenters. The quantitative estimate of drug-likeness (QED) is 0.316. The molecule has 1 aromatic rings. The van der Waals surface area contributed by atoms with E-state index in [9.17, 15) is 22.6 Å². The van der Waals surface area contributed by atoms with Crippen molar-refractivity contribution >= 4 is 16.4 Å². The fourth-order valence-electron chi connectivity index (χ4n) is 2.77. The van der Waals surface area contributed by atoms with Crippen LogP contribution in [0, 0.1) is 0 Å². The van der Waals surface area contributed by atoms with Crippen LogP contribution in [0.2, 0.25) is 0 Å². The lowest BCUT2D eigenvalue weighted by Crippen LogP contribution is -2.52. The number of hydrogen-bond donors (Lipinski definition) is 0. The molecule has 9 nitrogen and oxygen atoms in total. The molecule has 0 amide bonds. The van der Waals surface area contributed by atoms with Gasteiger partial charge < -0.3 is 9.29 Å². The van der Waals surface area contributed by atoms with Gasteiger partial charge in [0.1, 0.15) is 11.7 Å². The zero-order valence-corrected chi connectivity index (χ0v) is 15.9. The van der Waals surface area contributed by atoms with Gasteiger partial charge in [0.2, 0.25) is 10.4 Å². The smallest absolute Gasteiger partial charge is 0.352 e. The number of aromatic nitrogens is 2. The minimum absolute atomic E-state index is 0.114. The first-order valence-electron chi connectivity index (χ1n) is 7.78. The number of nitrogens with zero attached hydrogens (tertiary/aromatic N) is 2. The van der Waals surface area contributed by atoms with E-state index in [1.165, 1.54) is 0 Å². The Morgan fingerprint density at radius 3 is 2.48 bits per heavy atom. The van der Waals surface area contributed by atoms with Gasteiger partial charge in [-0.3, -0.25) is 4.18 Å². The molecule has 10 heteroatoms. The SMILES string of the molecule is CCOC(=O)c1c[n+](C)c2n(c1=O)C(C)(C)CCC2.COS(=O)(=O)[O-]. The first-order chi connectivity index (χ1) is 11.4. The van der Waals surface area contributed by atoms with Crippen molar-refractivity contribution in [1.29, 1.82) is 0 Å². The number of ether oxygens (including phenoxy) is 1. The second kappa shape index (κ2) is 8.07. The van der Waals surface area contributed by atoms with Gasteiger partial charge in [-0.2, -0.15) is 4.57 Å². The summed E-state index contributed by atoms with van der Waals surface area (Å²) in [5.74, 6) is 0.425. The molecule has 142 valence electrons. The molecule has 0 N–H and O–H groups in total. The van der Waals surface area contributed by atoms with E-state index < -0.39 is 16.4 Å². The van der Waals surface area contributed by atoms with Crippen LogP contribution in [0.25, 0.3) is 0 Å². The topological polar surface area (TPSA) is 119 Å². The highest BCUT2D eigenvalue weighted by Crippen LogP contribution is 2.26. The number of carbonyl (C=O) groups is 1. The summed E-state index contributed by atoms with van der Waals surface area (Å²) < 4.78 is 39.6. The third kappa shape index (κ3) is 5.35. The molecule has 1 aliphatic rings. The van der Waals surface area contributed by atoms with Crippen molar-refractivity contribution in [2.45, 2.75) is 45.6 Å². The van der Waals surface area contributed by atoms with Crippen molar-refractivity contribution < 1.29 is 31.3 Å². The molecule has 2 heterocycles. The maximum Gasteiger partial charge on any atom is 0.352 e. The van der Waals surface area contributed by atoms with Crippen LogP contribution in [-0.2, 0) is 38.3 Å². The molecule has 0 aliphatic carbocycles. The second-order valence-corrected chi connectivity index (χ2v) is 7.32. The lowest BCUT2D eigenvalue weighted by molar-refractivity contribution is -0.685. The van der Waals surface area contributed by atoms with Gasteiger partial charge in [-0.15, -0.1) is 0 Å². The van der Waals surface area contributed by atoms with Gasteiger partial charge in [0, 0.05) is 6.42 Å². The highest BCUT2D eigenvalue weighted by Gasteiger charge is 2.38. The summed E-state index contributed by atoms with van der Waals surface area (Å²) in [5.41, 5.74) is -0.385. The molecule has 2 rings (SSSR count). The van der Waals surface area contributed by atoms with Crippen molar-refractivity contribution in [2.24, 2.45) is 7.05 Å². The molecule has 1 aliphatic heterocycles. The standard InChI is InChI=1S/C14H21N2O3.CH4O4S/c1-5-19-13(18)10-9-15(4)11-7-6-8-14(2,3)16(11)12(10)17;1-5-6(2,3)4/h9H,5-8H2,1-4H3;1H3,(H,2,3,4)/q+1;/p-1. The third-order valence-corrected chi connectivity index (χ3v) is 4.32. The lowest BCUT2D eigenvalue weighted by Gasteiger charge is -2.29. The van der Waals surface area contributed by atoms with Crippen LogP contribution in [0.1, 0.15) is 49.8 Å². The predicted octanol–water partition coefficient (Wildman–Crippen LogP) is 0.0139. The van der Waals surface area contributed by atoms with E-state index in [4.69, 9.17) is 4.74 Å². The summed E-state index contributed by atoms with van der Waals surface area (Å²) in [7, 11) is -1.73. The molecule has 0 spiro atoms. The predicted molar refractivity (Wildman–Crippen MR) is 86.8 cm³/mol. The summed E-state index contributed by atoms with van der Waals surface area (Å²) in [6.07, 6.45) is 4.44. The molecule has 0 radical (unpaired) electrons. The minimum atomic E-state index is -4.41. The van der Waals surface area contributed by atoms with Gasteiger partial charge >= 0.3 is 11.5 Å². The molecule has 0 bridgehead atoms. The van der Waals surface area contributed by atoms with Gasteiger partial charge in [-0.05, 0) is 33.6 Å². The molecular formula is C15H24N2O7S. The van der Waals surface area contributed by atoms with Crippen molar-refractivity contribution in [3.8, 4) is 0 Å². The average Bonchev–Trinajstić information content (AvgIpc) is 2.50. The van der Waals surface area contributed by atoms with Gasteiger partial charge in [0.05, 0.1) is 20.8 Å². The Morgan fingerprint density at radius 2 is 2.00 bits per heavy atom. The maximum absolute atomic E-state index is 12.5. The Kier molecular flexibility index (Phi) is 6.86. The highest BCUT2D eigenvalue weighted by molar-refractivity contribution is 7.80. The second-order valence-electron chi connectivity index (χ2n) is 6.17. The third-order valence-electron chi connectivity index (χ3n) is 3.92.